The third-order valence-electron chi connectivity index (χ3n) is 1.16. The lowest BCUT2D eigenvalue weighted by Crippen LogP contribution is -2.37. The number of nitrogens with zero attached hydrogens (tertiary/aromatic N) is 1. The number of rotatable bonds is 5. The molecule has 0 saturated heterocycles. The Balaban J connectivity index is 4.03. The molecule has 70 valence electrons. The first kappa shape index (κ1) is 11.6. The maximum absolute atomic E-state index is 11.2. The van der Waals surface area contributed by atoms with Gasteiger partial charge in [0.2, 0.25) is 0 Å². The van der Waals surface area contributed by atoms with Crippen LogP contribution in [0.5, 0.6) is 0 Å². The SMILES string of the molecule is C=CCON(C(=O)CBr)C(C)C. The summed E-state index contributed by atoms with van der Waals surface area (Å²) in [5.74, 6) is -0.0770. The topological polar surface area (TPSA) is 29.5 Å². The molecular weight excluding hydrogens is 222 g/mol. The van der Waals surface area contributed by atoms with Crippen LogP contribution in [0.3, 0.4) is 0 Å². The molecule has 0 spiro atoms. The Kier molecular flexibility index (Phi) is 6.02. The van der Waals surface area contributed by atoms with Gasteiger partial charge in [0.05, 0.1) is 18.0 Å². The maximum atomic E-state index is 11.2. The second-order valence-corrected chi connectivity index (χ2v) is 3.09. The highest BCUT2D eigenvalue weighted by molar-refractivity contribution is 9.09. The van der Waals surface area contributed by atoms with Crippen molar-refractivity contribution in [1.82, 2.24) is 5.06 Å². The summed E-state index contributed by atoms with van der Waals surface area (Å²) in [6.07, 6.45) is 1.61. The second-order valence-electron chi connectivity index (χ2n) is 2.53. The molecule has 0 unspecified atom stereocenters. The minimum absolute atomic E-state index is 0.0509. The third-order valence-corrected chi connectivity index (χ3v) is 1.64. The van der Waals surface area contributed by atoms with Gasteiger partial charge in [-0.25, -0.2) is 5.06 Å². The van der Waals surface area contributed by atoms with Crippen LogP contribution in [0, 0.1) is 0 Å². The first-order chi connectivity index (χ1) is 5.63. The average Bonchev–Trinajstić information content (AvgIpc) is 2.04. The summed E-state index contributed by atoms with van der Waals surface area (Å²) in [6.45, 7) is 7.65. The van der Waals surface area contributed by atoms with E-state index in [4.69, 9.17) is 4.84 Å². The van der Waals surface area contributed by atoms with Crippen molar-refractivity contribution in [3.8, 4) is 0 Å². The van der Waals surface area contributed by atoms with Gasteiger partial charge in [-0.05, 0) is 13.8 Å². The van der Waals surface area contributed by atoms with Gasteiger partial charge in [-0.3, -0.25) is 9.63 Å². The van der Waals surface area contributed by atoms with E-state index in [2.05, 4.69) is 22.5 Å². The van der Waals surface area contributed by atoms with Gasteiger partial charge in [-0.2, -0.15) is 0 Å². The molecule has 0 N–H and O–H groups in total. The molecule has 0 aliphatic carbocycles. The van der Waals surface area contributed by atoms with Crippen molar-refractivity contribution in [3.05, 3.63) is 12.7 Å². The zero-order chi connectivity index (χ0) is 9.56. The molecule has 0 aliphatic rings. The van der Waals surface area contributed by atoms with Crippen molar-refractivity contribution < 1.29 is 9.63 Å². The van der Waals surface area contributed by atoms with E-state index in [1.54, 1.807) is 6.08 Å². The molecule has 0 fully saturated rings. The molecule has 1 amide bonds. The van der Waals surface area contributed by atoms with Crippen LogP contribution in [0.2, 0.25) is 0 Å². The van der Waals surface area contributed by atoms with E-state index < -0.39 is 0 Å². The Hall–Kier alpha value is -0.350. The molecule has 0 rings (SSSR count). The number of hydroxylamine groups is 2. The van der Waals surface area contributed by atoms with Crippen LogP contribution in [0.25, 0.3) is 0 Å². The standard InChI is InChI=1S/C8H14BrNO2/c1-4-5-12-10(7(2)3)8(11)6-9/h4,7H,1,5-6H2,2-3H3. The summed E-state index contributed by atoms with van der Waals surface area (Å²) in [7, 11) is 0. The van der Waals surface area contributed by atoms with E-state index in [-0.39, 0.29) is 17.3 Å². The van der Waals surface area contributed by atoms with E-state index in [1.165, 1.54) is 5.06 Å². The quantitative estimate of drug-likeness (QED) is 0.413. The number of halogens is 1. The van der Waals surface area contributed by atoms with E-state index in [9.17, 15) is 4.79 Å². The summed E-state index contributed by atoms with van der Waals surface area (Å²) in [4.78, 5) is 16.3. The lowest BCUT2D eigenvalue weighted by molar-refractivity contribution is -0.188. The molecule has 0 atom stereocenters. The lowest BCUT2D eigenvalue weighted by atomic mass is 10.4. The van der Waals surface area contributed by atoms with Gasteiger partial charge in [0.25, 0.3) is 5.91 Å². The molecule has 0 aromatic rings. The van der Waals surface area contributed by atoms with Gasteiger partial charge < -0.3 is 0 Å². The van der Waals surface area contributed by atoms with Crippen LogP contribution in [-0.4, -0.2) is 28.9 Å². The van der Waals surface area contributed by atoms with Crippen LogP contribution < -0.4 is 0 Å². The van der Waals surface area contributed by atoms with Gasteiger partial charge in [0.15, 0.2) is 0 Å². The Bertz CT molecular complexity index is 159. The van der Waals surface area contributed by atoms with Gasteiger partial charge in [0, 0.05) is 0 Å². The summed E-state index contributed by atoms with van der Waals surface area (Å²) in [5.41, 5.74) is 0. The minimum atomic E-state index is -0.0770. The first-order valence-corrected chi connectivity index (χ1v) is 4.87. The first-order valence-electron chi connectivity index (χ1n) is 3.75. The number of hydrogen-bond donors (Lipinski definition) is 0. The molecule has 0 heterocycles. The van der Waals surface area contributed by atoms with E-state index >= 15 is 0 Å². The summed E-state index contributed by atoms with van der Waals surface area (Å²) < 4.78 is 0. The summed E-state index contributed by atoms with van der Waals surface area (Å²) in [6, 6.07) is 0.0509. The van der Waals surface area contributed by atoms with Crippen molar-refractivity contribution in [1.29, 1.82) is 0 Å². The maximum Gasteiger partial charge on any atom is 0.257 e. The zero-order valence-electron chi connectivity index (χ0n) is 7.42. The Labute approximate surface area is 81.5 Å². The van der Waals surface area contributed by atoms with Gasteiger partial charge in [-0.1, -0.05) is 22.0 Å². The fourth-order valence-corrected chi connectivity index (χ4v) is 0.948. The van der Waals surface area contributed by atoms with E-state index in [0.29, 0.717) is 6.61 Å². The Morgan fingerprint density at radius 1 is 1.75 bits per heavy atom. The number of alkyl halides is 1. The highest BCUT2D eigenvalue weighted by Gasteiger charge is 2.15. The predicted octanol–water partition coefficient (Wildman–Crippen LogP) is 1.74. The van der Waals surface area contributed by atoms with Crippen LogP contribution in [-0.2, 0) is 9.63 Å². The van der Waals surface area contributed by atoms with Crippen molar-refractivity contribution in [3.63, 3.8) is 0 Å². The highest BCUT2D eigenvalue weighted by atomic mass is 79.9. The monoisotopic (exact) mass is 235 g/mol. The molecule has 0 radical (unpaired) electrons. The minimum Gasteiger partial charge on any atom is -0.272 e. The molecule has 3 nitrogen and oxygen atoms in total. The van der Waals surface area contributed by atoms with Crippen molar-refractivity contribution >= 4 is 21.8 Å². The van der Waals surface area contributed by atoms with Crippen molar-refractivity contribution in [2.24, 2.45) is 0 Å². The van der Waals surface area contributed by atoms with E-state index in [1.807, 2.05) is 13.8 Å². The highest BCUT2D eigenvalue weighted by Crippen LogP contribution is 2.02. The van der Waals surface area contributed by atoms with E-state index in [0.717, 1.165) is 0 Å². The van der Waals surface area contributed by atoms with Crippen LogP contribution in [0.15, 0.2) is 12.7 Å². The molecule has 4 heteroatoms. The Morgan fingerprint density at radius 3 is 2.67 bits per heavy atom. The number of hydrogen-bond acceptors (Lipinski definition) is 2. The van der Waals surface area contributed by atoms with Crippen LogP contribution in [0.1, 0.15) is 13.8 Å². The lowest BCUT2D eigenvalue weighted by Gasteiger charge is -2.24. The van der Waals surface area contributed by atoms with Crippen LogP contribution in [0.4, 0.5) is 0 Å². The average molecular weight is 236 g/mol. The Morgan fingerprint density at radius 2 is 2.33 bits per heavy atom. The summed E-state index contributed by atoms with van der Waals surface area (Å²) >= 11 is 3.08. The smallest absolute Gasteiger partial charge is 0.257 e. The third kappa shape index (κ3) is 3.88. The van der Waals surface area contributed by atoms with Crippen LogP contribution >= 0.6 is 15.9 Å². The zero-order valence-corrected chi connectivity index (χ0v) is 9.00. The fraction of sp³-hybridized carbons (Fsp3) is 0.625. The molecule has 12 heavy (non-hydrogen) atoms. The predicted molar refractivity (Wildman–Crippen MR) is 51.9 cm³/mol. The second kappa shape index (κ2) is 6.20. The van der Waals surface area contributed by atoms with Gasteiger partial charge >= 0.3 is 0 Å². The van der Waals surface area contributed by atoms with Gasteiger partial charge in [0.1, 0.15) is 0 Å². The molecule has 0 aromatic carbocycles. The molecule has 0 aromatic heterocycles. The molecule has 0 bridgehead atoms. The summed E-state index contributed by atoms with van der Waals surface area (Å²) in [5, 5.41) is 1.62. The normalized spacial score (nSPS) is 10.0. The van der Waals surface area contributed by atoms with Crippen molar-refractivity contribution in [2.45, 2.75) is 19.9 Å². The fourth-order valence-electron chi connectivity index (χ4n) is 0.701. The number of amides is 1. The molecule has 0 saturated carbocycles. The molecule has 0 aliphatic heterocycles. The van der Waals surface area contributed by atoms with Gasteiger partial charge in [-0.15, -0.1) is 6.58 Å². The number of carbonyl (C=O) groups is 1. The largest absolute Gasteiger partial charge is 0.272 e. The number of carbonyl (C=O) groups excluding carboxylic acids is 1. The van der Waals surface area contributed by atoms with Crippen molar-refractivity contribution in [2.75, 3.05) is 11.9 Å². The molecular formula is C8H14BrNO2.